The van der Waals surface area contributed by atoms with E-state index in [0.29, 0.717) is 29.4 Å². The molecule has 0 aromatic heterocycles. The van der Waals surface area contributed by atoms with Crippen molar-refractivity contribution in [3.8, 4) is 11.5 Å². The summed E-state index contributed by atoms with van der Waals surface area (Å²) in [5.74, 6) is 0.950. The fourth-order valence-corrected chi connectivity index (χ4v) is 2.77. The third kappa shape index (κ3) is 2.90. The highest BCUT2D eigenvalue weighted by atomic mass is 16.7. The average Bonchev–Trinajstić information content (AvgIpc) is 2.83. The van der Waals surface area contributed by atoms with Gasteiger partial charge in [0.05, 0.1) is 11.2 Å². The Morgan fingerprint density at radius 1 is 1.33 bits per heavy atom. The van der Waals surface area contributed by atoms with Gasteiger partial charge in [0.1, 0.15) is 0 Å². The SMILES string of the molecule is CC1(C)CC(NC(=O)c2cc3c(cc2N)OCO3)CCO1. The van der Waals surface area contributed by atoms with Crippen LogP contribution in [0.1, 0.15) is 37.0 Å². The maximum Gasteiger partial charge on any atom is 0.253 e. The molecule has 21 heavy (non-hydrogen) atoms. The molecular formula is C15H20N2O4. The monoisotopic (exact) mass is 292 g/mol. The lowest BCUT2D eigenvalue weighted by Gasteiger charge is -2.35. The van der Waals surface area contributed by atoms with Gasteiger partial charge in [-0.15, -0.1) is 0 Å². The number of hydrogen-bond donors (Lipinski definition) is 2. The second-order valence-electron chi connectivity index (χ2n) is 6.06. The number of nitrogen functional groups attached to an aromatic ring is 1. The largest absolute Gasteiger partial charge is 0.454 e. The van der Waals surface area contributed by atoms with Gasteiger partial charge in [-0.2, -0.15) is 0 Å². The zero-order valence-electron chi connectivity index (χ0n) is 12.3. The summed E-state index contributed by atoms with van der Waals surface area (Å²) in [6.45, 7) is 4.86. The van der Waals surface area contributed by atoms with Gasteiger partial charge in [-0.05, 0) is 32.8 Å². The Labute approximate surface area is 123 Å². The van der Waals surface area contributed by atoms with Crippen molar-refractivity contribution in [3.63, 3.8) is 0 Å². The van der Waals surface area contributed by atoms with Crippen molar-refractivity contribution in [2.45, 2.75) is 38.3 Å². The van der Waals surface area contributed by atoms with Crippen molar-refractivity contribution in [1.82, 2.24) is 5.32 Å². The molecule has 3 rings (SSSR count). The molecule has 0 radical (unpaired) electrons. The van der Waals surface area contributed by atoms with Crippen LogP contribution in [-0.4, -0.2) is 30.9 Å². The van der Waals surface area contributed by atoms with Gasteiger partial charge in [0.15, 0.2) is 11.5 Å². The van der Waals surface area contributed by atoms with Crippen LogP contribution in [0.5, 0.6) is 11.5 Å². The molecule has 3 N–H and O–H groups in total. The summed E-state index contributed by atoms with van der Waals surface area (Å²) in [6, 6.07) is 3.36. The predicted octanol–water partition coefficient (Wildman–Crippen LogP) is 1.68. The van der Waals surface area contributed by atoms with Gasteiger partial charge in [0.2, 0.25) is 6.79 Å². The lowest BCUT2D eigenvalue weighted by atomic mass is 9.93. The molecular weight excluding hydrogens is 272 g/mol. The van der Waals surface area contributed by atoms with Gasteiger partial charge in [-0.25, -0.2) is 0 Å². The van der Waals surface area contributed by atoms with E-state index >= 15 is 0 Å². The molecule has 2 heterocycles. The number of hydrogen-bond acceptors (Lipinski definition) is 5. The molecule has 1 unspecified atom stereocenters. The summed E-state index contributed by atoms with van der Waals surface area (Å²) in [7, 11) is 0. The smallest absolute Gasteiger partial charge is 0.253 e. The summed E-state index contributed by atoms with van der Waals surface area (Å²) < 4.78 is 16.2. The van der Waals surface area contributed by atoms with Gasteiger partial charge >= 0.3 is 0 Å². The third-order valence-electron chi connectivity index (χ3n) is 3.82. The molecule has 1 atom stereocenters. The van der Waals surface area contributed by atoms with Crippen molar-refractivity contribution in [2.75, 3.05) is 19.1 Å². The number of ether oxygens (including phenoxy) is 3. The Morgan fingerprint density at radius 3 is 2.76 bits per heavy atom. The number of anilines is 1. The highest BCUT2D eigenvalue weighted by Gasteiger charge is 2.30. The van der Waals surface area contributed by atoms with E-state index in [1.54, 1.807) is 12.1 Å². The Bertz CT molecular complexity index is 571. The van der Waals surface area contributed by atoms with Gasteiger partial charge in [-0.1, -0.05) is 0 Å². The first kappa shape index (κ1) is 14.0. The highest BCUT2D eigenvalue weighted by Crippen LogP contribution is 2.36. The number of nitrogens with two attached hydrogens (primary N) is 1. The molecule has 0 bridgehead atoms. The van der Waals surface area contributed by atoms with Crippen LogP contribution in [0.15, 0.2) is 12.1 Å². The number of carbonyl (C=O) groups is 1. The quantitative estimate of drug-likeness (QED) is 0.810. The number of nitrogens with one attached hydrogen (secondary N) is 1. The van der Waals surface area contributed by atoms with Gasteiger partial charge in [-0.3, -0.25) is 4.79 Å². The first-order chi connectivity index (χ1) is 9.94. The minimum absolute atomic E-state index is 0.0890. The van der Waals surface area contributed by atoms with Crippen molar-refractivity contribution in [2.24, 2.45) is 0 Å². The highest BCUT2D eigenvalue weighted by molar-refractivity contribution is 6.00. The minimum Gasteiger partial charge on any atom is -0.454 e. The first-order valence-corrected chi connectivity index (χ1v) is 7.08. The minimum atomic E-state index is -0.212. The first-order valence-electron chi connectivity index (χ1n) is 7.08. The van der Waals surface area contributed by atoms with Crippen LogP contribution in [0.4, 0.5) is 5.69 Å². The molecule has 1 amide bonds. The molecule has 1 aromatic rings. The van der Waals surface area contributed by atoms with Crippen LogP contribution in [0.3, 0.4) is 0 Å². The topological polar surface area (TPSA) is 82.8 Å². The zero-order chi connectivity index (χ0) is 15.0. The fraction of sp³-hybridized carbons (Fsp3) is 0.533. The van der Waals surface area contributed by atoms with E-state index in [-0.39, 0.29) is 24.3 Å². The van der Waals surface area contributed by atoms with E-state index in [1.807, 2.05) is 13.8 Å². The van der Waals surface area contributed by atoms with Crippen LogP contribution in [-0.2, 0) is 4.74 Å². The van der Waals surface area contributed by atoms with Crippen LogP contribution in [0.2, 0.25) is 0 Å². The number of amides is 1. The van der Waals surface area contributed by atoms with Crippen molar-refractivity contribution >= 4 is 11.6 Å². The number of fused-ring (bicyclic) bond motifs is 1. The molecule has 0 saturated carbocycles. The Kier molecular flexibility index (Phi) is 3.41. The normalized spacial score (nSPS) is 22.9. The Hall–Kier alpha value is -1.95. The Balaban J connectivity index is 1.74. The van der Waals surface area contributed by atoms with E-state index in [1.165, 1.54) is 0 Å². The fourth-order valence-electron chi connectivity index (χ4n) is 2.77. The number of rotatable bonds is 2. The molecule has 6 heteroatoms. The standard InChI is InChI=1S/C15H20N2O4/c1-15(2)7-9(3-4-21-15)17-14(18)10-5-12-13(6-11(10)16)20-8-19-12/h5-6,9H,3-4,7-8,16H2,1-2H3,(H,17,18). The van der Waals surface area contributed by atoms with E-state index in [0.717, 1.165) is 12.8 Å². The maximum absolute atomic E-state index is 12.4. The van der Waals surface area contributed by atoms with E-state index in [2.05, 4.69) is 5.32 Å². The van der Waals surface area contributed by atoms with E-state index in [4.69, 9.17) is 19.9 Å². The lowest BCUT2D eigenvalue weighted by Crippen LogP contribution is -2.45. The second-order valence-corrected chi connectivity index (χ2v) is 6.06. The van der Waals surface area contributed by atoms with Crippen LogP contribution in [0, 0.1) is 0 Å². The van der Waals surface area contributed by atoms with Crippen molar-refractivity contribution in [3.05, 3.63) is 17.7 Å². The van der Waals surface area contributed by atoms with Gasteiger partial charge in [0.25, 0.3) is 5.91 Å². The van der Waals surface area contributed by atoms with Crippen LogP contribution >= 0.6 is 0 Å². The zero-order valence-corrected chi connectivity index (χ0v) is 12.3. The number of benzene rings is 1. The molecule has 0 aliphatic carbocycles. The average molecular weight is 292 g/mol. The van der Waals surface area contributed by atoms with E-state index in [9.17, 15) is 4.79 Å². The Morgan fingerprint density at radius 2 is 2.05 bits per heavy atom. The van der Waals surface area contributed by atoms with Gasteiger partial charge < -0.3 is 25.3 Å². The molecule has 1 aromatic carbocycles. The number of carbonyl (C=O) groups excluding carboxylic acids is 1. The van der Waals surface area contributed by atoms with E-state index < -0.39 is 0 Å². The molecule has 1 saturated heterocycles. The molecule has 1 fully saturated rings. The summed E-state index contributed by atoms with van der Waals surface area (Å²) in [6.07, 6.45) is 1.59. The van der Waals surface area contributed by atoms with Crippen LogP contribution in [0.25, 0.3) is 0 Å². The molecule has 6 nitrogen and oxygen atoms in total. The van der Waals surface area contributed by atoms with Crippen molar-refractivity contribution in [1.29, 1.82) is 0 Å². The lowest BCUT2D eigenvalue weighted by molar-refractivity contribution is -0.0615. The molecule has 2 aliphatic rings. The summed E-state index contributed by atoms with van der Waals surface area (Å²) in [4.78, 5) is 12.4. The second kappa shape index (κ2) is 5.11. The summed E-state index contributed by atoms with van der Waals surface area (Å²) in [5, 5.41) is 3.03. The molecule has 114 valence electrons. The third-order valence-corrected chi connectivity index (χ3v) is 3.82. The molecule has 0 spiro atoms. The van der Waals surface area contributed by atoms with Gasteiger partial charge in [0, 0.05) is 24.4 Å². The summed E-state index contributed by atoms with van der Waals surface area (Å²) in [5.41, 5.74) is 6.53. The summed E-state index contributed by atoms with van der Waals surface area (Å²) >= 11 is 0. The molecule has 2 aliphatic heterocycles. The predicted molar refractivity (Wildman–Crippen MR) is 77.5 cm³/mol. The maximum atomic E-state index is 12.4. The van der Waals surface area contributed by atoms with Crippen molar-refractivity contribution < 1.29 is 19.0 Å². The van der Waals surface area contributed by atoms with Crippen LogP contribution < -0.4 is 20.5 Å².